The number of carbonyl (C=O) groups excluding carboxylic acids is 1. The Balaban J connectivity index is 1.88. The van der Waals surface area contributed by atoms with Gasteiger partial charge in [-0.2, -0.15) is 0 Å². The van der Waals surface area contributed by atoms with Gasteiger partial charge < -0.3 is 5.32 Å². The molecule has 0 aromatic heterocycles. The smallest absolute Gasteiger partial charge is 0.264 e. The fourth-order valence-electron chi connectivity index (χ4n) is 3.32. The summed E-state index contributed by atoms with van der Waals surface area (Å²) in [6, 6.07) is 23.0. The maximum atomic E-state index is 13.0. The fourth-order valence-corrected chi connectivity index (χ4v) is 4.59. The number of amides is 1. The average molecular weight is 423 g/mol. The molecule has 0 aliphatic heterocycles. The first-order valence-electron chi connectivity index (χ1n) is 9.85. The lowest BCUT2D eigenvalue weighted by Gasteiger charge is -2.23. The zero-order chi connectivity index (χ0) is 21.7. The van der Waals surface area contributed by atoms with E-state index in [0.29, 0.717) is 11.3 Å². The Hall–Kier alpha value is -3.12. The molecule has 1 N–H and O–H groups in total. The highest BCUT2D eigenvalue weighted by Gasteiger charge is 2.23. The van der Waals surface area contributed by atoms with Crippen LogP contribution in [0.4, 0.5) is 5.69 Å². The normalized spacial score (nSPS) is 12.2. The Labute approximate surface area is 178 Å². The van der Waals surface area contributed by atoms with Gasteiger partial charge in [0, 0.05) is 12.6 Å². The third kappa shape index (κ3) is 4.54. The van der Waals surface area contributed by atoms with Gasteiger partial charge in [0.25, 0.3) is 15.9 Å². The number of anilines is 1. The molecular weight excluding hydrogens is 396 g/mol. The van der Waals surface area contributed by atoms with Crippen LogP contribution >= 0.6 is 0 Å². The minimum Gasteiger partial charge on any atom is -0.345 e. The molecule has 1 atom stereocenters. The van der Waals surface area contributed by atoms with Gasteiger partial charge in [0.15, 0.2) is 0 Å². The molecule has 0 fully saturated rings. The predicted octanol–water partition coefficient (Wildman–Crippen LogP) is 4.70. The van der Waals surface area contributed by atoms with Crippen molar-refractivity contribution in [3.05, 3.63) is 95.6 Å². The summed E-state index contributed by atoms with van der Waals surface area (Å²) in [6.07, 6.45) is 0.747. The zero-order valence-corrected chi connectivity index (χ0v) is 18.2. The number of nitrogens with zero attached hydrogens (tertiary/aromatic N) is 1. The zero-order valence-electron chi connectivity index (χ0n) is 17.4. The summed E-state index contributed by atoms with van der Waals surface area (Å²) in [5.74, 6) is -0.238. The standard InChI is InChI=1S/C24H26N2O3S/c1-4-22(19-11-7-5-8-12-19)25-24(27)20-16-15-18(2)23(17-20)26(3)30(28,29)21-13-9-6-10-14-21/h5-17,22H,4H2,1-3H3,(H,25,27)/t22-/m1/s1. The van der Waals surface area contributed by atoms with Crippen molar-refractivity contribution < 1.29 is 13.2 Å². The van der Waals surface area contributed by atoms with Crippen LogP contribution in [0.2, 0.25) is 0 Å². The first-order valence-corrected chi connectivity index (χ1v) is 11.3. The van der Waals surface area contributed by atoms with Crippen molar-refractivity contribution in [1.82, 2.24) is 5.32 Å². The highest BCUT2D eigenvalue weighted by atomic mass is 32.2. The molecule has 1 amide bonds. The van der Waals surface area contributed by atoms with Crippen LogP contribution in [0, 0.1) is 6.92 Å². The number of sulfonamides is 1. The van der Waals surface area contributed by atoms with Crippen molar-refractivity contribution in [2.45, 2.75) is 31.2 Å². The SMILES string of the molecule is CC[C@@H](NC(=O)c1ccc(C)c(N(C)S(=O)(=O)c2ccccc2)c1)c1ccccc1. The van der Waals surface area contributed by atoms with E-state index < -0.39 is 10.0 Å². The van der Waals surface area contributed by atoms with Gasteiger partial charge in [-0.1, -0.05) is 61.5 Å². The van der Waals surface area contributed by atoms with E-state index in [9.17, 15) is 13.2 Å². The largest absolute Gasteiger partial charge is 0.345 e. The first kappa shape index (κ1) is 21.6. The number of hydrogen-bond acceptors (Lipinski definition) is 3. The summed E-state index contributed by atoms with van der Waals surface area (Å²) in [6.45, 7) is 3.84. The second-order valence-electron chi connectivity index (χ2n) is 7.13. The van der Waals surface area contributed by atoms with Gasteiger partial charge in [-0.15, -0.1) is 0 Å². The molecule has 0 heterocycles. The molecule has 0 bridgehead atoms. The van der Waals surface area contributed by atoms with E-state index in [2.05, 4.69) is 5.32 Å². The average Bonchev–Trinajstić information content (AvgIpc) is 2.78. The predicted molar refractivity (Wildman–Crippen MR) is 120 cm³/mol. The number of aryl methyl sites for hydroxylation is 1. The topological polar surface area (TPSA) is 66.5 Å². The van der Waals surface area contributed by atoms with Gasteiger partial charge in [0.05, 0.1) is 16.6 Å². The first-order chi connectivity index (χ1) is 14.3. The highest BCUT2D eigenvalue weighted by Crippen LogP contribution is 2.27. The molecule has 156 valence electrons. The Morgan fingerprint density at radius 1 is 0.967 bits per heavy atom. The molecule has 3 aromatic carbocycles. The van der Waals surface area contributed by atoms with Crippen LogP contribution in [0.5, 0.6) is 0 Å². The second-order valence-corrected chi connectivity index (χ2v) is 9.10. The Morgan fingerprint density at radius 2 is 1.57 bits per heavy atom. The molecule has 0 unspecified atom stereocenters. The summed E-state index contributed by atoms with van der Waals surface area (Å²) >= 11 is 0. The van der Waals surface area contributed by atoms with Crippen LogP contribution in [0.25, 0.3) is 0 Å². The maximum Gasteiger partial charge on any atom is 0.264 e. The Bertz CT molecular complexity index is 1110. The van der Waals surface area contributed by atoms with Crippen molar-refractivity contribution in [3.63, 3.8) is 0 Å². The molecular formula is C24H26N2O3S. The number of carbonyl (C=O) groups is 1. The maximum absolute atomic E-state index is 13.0. The van der Waals surface area contributed by atoms with Gasteiger partial charge in [-0.05, 0) is 48.7 Å². The molecule has 0 saturated carbocycles. The third-order valence-corrected chi connectivity index (χ3v) is 6.91. The van der Waals surface area contributed by atoms with Crippen LogP contribution in [-0.4, -0.2) is 21.4 Å². The number of benzene rings is 3. The van der Waals surface area contributed by atoms with Crippen molar-refractivity contribution >= 4 is 21.6 Å². The number of hydrogen-bond donors (Lipinski definition) is 1. The molecule has 0 spiro atoms. The quantitative estimate of drug-likeness (QED) is 0.600. The van der Waals surface area contributed by atoms with Crippen LogP contribution in [-0.2, 0) is 10.0 Å². The van der Waals surface area contributed by atoms with Crippen LogP contribution in [0.3, 0.4) is 0 Å². The van der Waals surface area contributed by atoms with Crippen LogP contribution < -0.4 is 9.62 Å². The van der Waals surface area contributed by atoms with Gasteiger partial charge in [0.1, 0.15) is 0 Å². The van der Waals surface area contributed by atoms with E-state index in [-0.39, 0.29) is 16.8 Å². The van der Waals surface area contributed by atoms with Crippen molar-refractivity contribution in [2.75, 3.05) is 11.4 Å². The molecule has 0 radical (unpaired) electrons. The Kier molecular flexibility index (Phi) is 6.57. The lowest BCUT2D eigenvalue weighted by Crippen LogP contribution is -2.30. The van der Waals surface area contributed by atoms with Crippen LogP contribution in [0.1, 0.15) is 40.9 Å². The minimum absolute atomic E-state index is 0.116. The van der Waals surface area contributed by atoms with E-state index in [1.165, 1.54) is 11.4 Å². The molecule has 30 heavy (non-hydrogen) atoms. The Morgan fingerprint density at radius 3 is 2.17 bits per heavy atom. The van der Waals surface area contributed by atoms with Gasteiger partial charge in [0.2, 0.25) is 0 Å². The summed E-state index contributed by atoms with van der Waals surface area (Å²) in [7, 11) is -2.22. The van der Waals surface area contributed by atoms with Gasteiger partial charge in [-0.3, -0.25) is 9.10 Å². The molecule has 3 rings (SSSR count). The third-order valence-electron chi connectivity index (χ3n) is 5.13. The number of nitrogens with one attached hydrogen (secondary N) is 1. The van der Waals surface area contributed by atoms with Gasteiger partial charge >= 0.3 is 0 Å². The van der Waals surface area contributed by atoms with Gasteiger partial charge in [-0.25, -0.2) is 8.42 Å². The highest BCUT2D eigenvalue weighted by molar-refractivity contribution is 7.92. The van der Waals surface area contributed by atoms with Crippen LogP contribution in [0.15, 0.2) is 83.8 Å². The lowest BCUT2D eigenvalue weighted by molar-refractivity contribution is 0.0935. The van der Waals surface area contributed by atoms with Crippen molar-refractivity contribution in [2.24, 2.45) is 0 Å². The molecule has 3 aromatic rings. The minimum atomic E-state index is -3.73. The molecule has 0 aliphatic carbocycles. The van der Waals surface area contributed by atoms with Crippen molar-refractivity contribution in [1.29, 1.82) is 0 Å². The molecule has 0 aliphatic rings. The summed E-state index contributed by atoms with van der Waals surface area (Å²) in [5, 5.41) is 3.05. The number of rotatable bonds is 7. The van der Waals surface area contributed by atoms with Crippen molar-refractivity contribution in [3.8, 4) is 0 Å². The summed E-state index contributed by atoms with van der Waals surface area (Å²) in [4.78, 5) is 13.1. The van der Waals surface area contributed by atoms with E-state index in [0.717, 1.165) is 17.5 Å². The monoisotopic (exact) mass is 422 g/mol. The van der Waals surface area contributed by atoms with E-state index in [1.807, 2.05) is 44.2 Å². The van der Waals surface area contributed by atoms with E-state index in [4.69, 9.17) is 0 Å². The van der Waals surface area contributed by atoms with E-state index >= 15 is 0 Å². The van der Waals surface area contributed by atoms with E-state index in [1.54, 1.807) is 48.5 Å². The fraction of sp³-hybridized carbons (Fsp3) is 0.208. The molecule has 0 saturated heterocycles. The molecule has 5 nitrogen and oxygen atoms in total. The lowest BCUT2D eigenvalue weighted by atomic mass is 10.0. The summed E-state index contributed by atoms with van der Waals surface area (Å²) < 4.78 is 27.2. The summed E-state index contributed by atoms with van der Waals surface area (Å²) in [5.41, 5.74) is 2.69. The second kappa shape index (κ2) is 9.13. The molecule has 6 heteroatoms.